The monoisotopic (exact) mass is 302 g/mol. The molecule has 0 aliphatic heterocycles. The normalized spacial score (nSPS) is 11.2. The Labute approximate surface area is 118 Å². The van der Waals surface area contributed by atoms with Gasteiger partial charge in [0, 0.05) is 20.1 Å². The molecule has 112 valence electrons. The number of carbonyl (C=O) groups is 1. The van der Waals surface area contributed by atoms with Crippen LogP contribution in [0.1, 0.15) is 12.8 Å². The number of primary sulfonamides is 1. The molecule has 7 nitrogen and oxygen atoms in total. The standard InChI is InChI=1S/C12H18N2O5S/c1-18-7-3-4-12(15)14-10-8-9(20(13,16)17)5-6-11(10)19-2/h5-6,8H,3-4,7H2,1-2H3,(H,14,15)(H2,13,16,17). The van der Waals surface area contributed by atoms with Crippen LogP contribution < -0.4 is 15.2 Å². The van der Waals surface area contributed by atoms with E-state index in [1.54, 1.807) is 7.11 Å². The topological polar surface area (TPSA) is 108 Å². The predicted octanol–water partition coefficient (Wildman–Crippen LogP) is 0.708. The lowest BCUT2D eigenvalue weighted by molar-refractivity contribution is -0.116. The molecule has 0 saturated heterocycles. The van der Waals surface area contributed by atoms with Crippen molar-refractivity contribution in [1.82, 2.24) is 0 Å². The zero-order valence-electron chi connectivity index (χ0n) is 11.4. The lowest BCUT2D eigenvalue weighted by Gasteiger charge is -2.11. The second kappa shape index (κ2) is 7.22. The van der Waals surface area contributed by atoms with Gasteiger partial charge in [-0.1, -0.05) is 0 Å². The summed E-state index contributed by atoms with van der Waals surface area (Å²) in [7, 11) is -0.859. The molecule has 0 radical (unpaired) electrons. The number of methoxy groups -OCH3 is 2. The van der Waals surface area contributed by atoms with Crippen molar-refractivity contribution in [2.75, 3.05) is 26.1 Å². The van der Waals surface area contributed by atoms with Crippen molar-refractivity contribution in [3.05, 3.63) is 18.2 Å². The summed E-state index contributed by atoms with van der Waals surface area (Å²) in [5.41, 5.74) is 0.265. The first-order chi connectivity index (χ1) is 9.38. The Balaban J connectivity index is 2.89. The molecule has 0 heterocycles. The van der Waals surface area contributed by atoms with Crippen LogP contribution in [0, 0.1) is 0 Å². The average Bonchev–Trinajstić information content (AvgIpc) is 2.38. The molecular formula is C12H18N2O5S. The number of nitrogens with one attached hydrogen (secondary N) is 1. The number of nitrogens with two attached hydrogens (primary N) is 1. The predicted molar refractivity (Wildman–Crippen MR) is 74.1 cm³/mol. The Morgan fingerprint density at radius 3 is 2.60 bits per heavy atom. The summed E-state index contributed by atoms with van der Waals surface area (Å²) in [4.78, 5) is 11.6. The average molecular weight is 302 g/mol. The molecule has 0 atom stereocenters. The van der Waals surface area contributed by atoms with Crippen molar-refractivity contribution in [3.63, 3.8) is 0 Å². The van der Waals surface area contributed by atoms with Gasteiger partial charge in [-0.25, -0.2) is 13.6 Å². The molecular weight excluding hydrogens is 284 g/mol. The van der Waals surface area contributed by atoms with E-state index in [0.717, 1.165) is 0 Å². The zero-order chi connectivity index (χ0) is 15.2. The molecule has 1 aromatic carbocycles. The molecule has 0 bridgehead atoms. The number of ether oxygens (including phenoxy) is 2. The molecule has 8 heteroatoms. The van der Waals surface area contributed by atoms with E-state index in [-0.39, 0.29) is 22.9 Å². The van der Waals surface area contributed by atoms with Gasteiger partial charge in [0.1, 0.15) is 5.75 Å². The Bertz CT molecular complexity index is 571. The van der Waals surface area contributed by atoms with Crippen LogP contribution in [-0.4, -0.2) is 35.2 Å². The van der Waals surface area contributed by atoms with Crippen molar-refractivity contribution >= 4 is 21.6 Å². The van der Waals surface area contributed by atoms with Crippen LogP contribution in [-0.2, 0) is 19.6 Å². The van der Waals surface area contributed by atoms with Crippen molar-refractivity contribution in [1.29, 1.82) is 0 Å². The minimum absolute atomic E-state index is 0.0921. The summed E-state index contributed by atoms with van der Waals surface area (Å²) >= 11 is 0. The number of hydrogen-bond acceptors (Lipinski definition) is 5. The van der Waals surface area contributed by atoms with Crippen LogP contribution in [0.2, 0.25) is 0 Å². The van der Waals surface area contributed by atoms with Crippen molar-refractivity contribution in [2.45, 2.75) is 17.7 Å². The van der Waals surface area contributed by atoms with Gasteiger partial charge in [0.15, 0.2) is 0 Å². The number of sulfonamides is 1. The van der Waals surface area contributed by atoms with Crippen LogP contribution in [0.15, 0.2) is 23.1 Å². The first kappa shape index (κ1) is 16.4. The van der Waals surface area contributed by atoms with E-state index in [9.17, 15) is 13.2 Å². The maximum Gasteiger partial charge on any atom is 0.238 e. The lowest BCUT2D eigenvalue weighted by atomic mass is 10.2. The Morgan fingerprint density at radius 2 is 2.05 bits per heavy atom. The highest BCUT2D eigenvalue weighted by Gasteiger charge is 2.13. The largest absolute Gasteiger partial charge is 0.495 e. The fraction of sp³-hybridized carbons (Fsp3) is 0.417. The Kier molecular flexibility index (Phi) is 5.93. The van der Waals surface area contributed by atoms with Crippen molar-refractivity contribution in [3.8, 4) is 5.75 Å². The maximum atomic E-state index is 11.7. The minimum Gasteiger partial charge on any atom is -0.495 e. The van der Waals surface area contributed by atoms with E-state index in [1.807, 2.05) is 0 Å². The Hall–Kier alpha value is -1.64. The highest BCUT2D eigenvalue weighted by atomic mass is 32.2. The lowest BCUT2D eigenvalue weighted by Crippen LogP contribution is -2.15. The SMILES string of the molecule is COCCCC(=O)Nc1cc(S(N)(=O)=O)ccc1OC. The molecule has 0 aliphatic carbocycles. The second-order valence-corrected chi connectivity index (χ2v) is 5.61. The number of hydrogen-bond donors (Lipinski definition) is 2. The quantitative estimate of drug-likeness (QED) is 0.721. The van der Waals surface area contributed by atoms with E-state index >= 15 is 0 Å². The summed E-state index contributed by atoms with van der Waals surface area (Å²) in [6, 6.07) is 4.02. The van der Waals surface area contributed by atoms with Gasteiger partial charge in [-0.3, -0.25) is 4.79 Å². The molecule has 1 aromatic rings. The van der Waals surface area contributed by atoms with Gasteiger partial charge >= 0.3 is 0 Å². The van der Waals surface area contributed by atoms with Gasteiger partial charge in [0.2, 0.25) is 15.9 Å². The van der Waals surface area contributed by atoms with E-state index in [0.29, 0.717) is 18.8 Å². The van der Waals surface area contributed by atoms with Crippen LogP contribution in [0.4, 0.5) is 5.69 Å². The molecule has 3 N–H and O–H groups in total. The van der Waals surface area contributed by atoms with Crippen LogP contribution >= 0.6 is 0 Å². The van der Waals surface area contributed by atoms with Gasteiger partial charge in [0.05, 0.1) is 17.7 Å². The molecule has 0 saturated carbocycles. The van der Waals surface area contributed by atoms with E-state index in [2.05, 4.69) is 5.32 Å². The van der Waals surface area contributed by atoms with Crippen LogP contribution in [0.3, 0.4) is 0 Å². The summed E-state index contributed by atoms with van der Waals surface area (Å²) in [5, 5.41) is 7.64. The summed E-state index contributed by atoms with van der Waals surface area (Å²) < 4.78 is 32.5. The van der Waals surface area contributed by atoms with Crippen molar-refractivity contribution in [2.24, 2.45) is 5.14 Å². The second-order valence-electron chi connectivity index (χ2n) is 4.05. The number of amides is 1. The van der Waals surface area contributed by atoms with Crippen LogP contribution in [0.5, 0.6) is 5.75 Å². The van der Waals surface area contributed by atoms with E-state index in [4.69, 9.17) is 14.6 Å². The minimum atomic E-state index is -3.83. The molecule has 1 rings (SSSR count). The zero-order valence-corrected chi connectivity index (χ0v) is 12.2. The smallest absolute Gasteiger partial charge is 0.238 e. The van der Waals surface area contributed by atoms with Gasteiger partial charge in [0.25, 0.3) is 0 Å². The first-order valence-corrected chi connectivity index (χ1v) is 7.42. The Morgan fingerprint density at radius 1 is 1.35 bits per heavy atom. The molecule has 0 fully saturated rings. The summed E-state index contributed by atoms with van der Waals surface area (Å²) in [6.07, 6.45) is 0.829. The number of anilines is 1. The fourth-order valence-electron chi connectivity index (χ4n) is 1.55. The third kappa shape index (κ3) is 4.80. The highest BCUT2D eigenvalue weighted by molar-refractivity contribution is 7.89. The fourth-order valence-corrected chi connectivity index (χ4v) is 2.09. The third-order valence-corrected chi connectivity index (χ3v) is 3.44. The van der Waals surface area contributed by atoms with Gasteiger partial charge < -0.3 is 14.8 Å². The maximum absolute atomic E-state index is 11.7. The van der Waals surface area contributed by atoms with Gasteiger partial charge in [-0.05, 0) is 24.6 Å². The molecule has 0 unspecified atom stereocenters. The number of carbonyl (C=O) groups excluding carboxylic acids is 1. The molecule has 1 amide bonds. The van der Waals surface area contributed by atoms with Gasteiger partial charge in [-0.2, -0.15) is 0 Å². The number of benzene rings is 1. The van der Waals surface area contributed by atoms with E-state index in [1.165, 1.54) is 25.3 Å². The third-order valence-electron chi connectivity index (χ3n) is 2.53. The molecule has 0 spiro atoms. The highest BCUT2D eigenvalue weighted by Crippen LogP contribution is 2.27. The first-order valence-electron chi connectivity index (χ1n) is 5.88. The summed E-state index contributed by atoms with van der Waals surface area (Å²) in [6.45, 7) is 0.474. The van der Waals surface area contributed by atoms with Crippen LogP contribution in [0.25, 0.3) is 0 Å². The molecule has 0 aromatic heterocycles. The van der Waals surface area contributed by atoms with E-state index < -0.39 is 10.0 Å². The van der Waals surface area contributed by atoms with Crippen molar-refractivity contribution < 1.29 is 22.7 Å². The molecule has 20 heavy (non-hydrogen) atoms. The molecule has 0 aliphatic rings. The summed E-state index contributed by atoms with van der Waals surface area (Å²) in [5.74, 6) is 0.101. The van der Waals surface area contributed by atoms with Gasteiger partial charge in [-0.15, -0.1) is 0 Å². The number of rotatable bonds is 7.